The number of rotatable bonds is 7. The van der Waals surface area contributed by atoms with Crippen LogP contribution in [0.5, 0.6) is 0 Å². The average molecular weight is 390 g/mol. The van der Waals surface area contributed by atoms with E-state index < -0.39 is 0 Å². The van der Waals surface area contributed by atoms with Crippen molar-refractivity contribution in [2.24, 2.45) is 5.92 Å². The van der Waals surface area contributed by atoms with Gasteiger partial charge in [0.1, 0.15) is 5.82 Å². The number of aromatic nitrogens is 3. The molecule has 0 saturated heterocycles. The highest BCUT2D eigenvalue weighted by Gasteiger charge is 2.19. The Bertz CT molecular complexity index is 1070. The maximum atomic E-state index is 12.9. The fourth-order valence-corrected chi connectivity index (χ4v) is 3.60. The highest BCUT2D eigenvalue weighted by atomic mass is 16.1. The fraction of sp³-hybridized carbons (Fsp3) is 0.391. The monoisotopic (exact) mass is 390 g/mol. The van der Waals surface area contributed by atoms with Crippen LogP contribution in [0.1, 0.15) is 45.4 Å². The summed E-state index contributed by atoms with van der Waals surface area (Å²) in [6.07, 6.45) is 9.39. The van der Waals surface area contributed by atoms with Crippen LogP contribution < -0.4 is 10.9 Å². The molecule has 0 radical (unpaired) electrons. The number of carbonyl (C=O) groups is 1. The number of unbranched alkanes of at least 4 members (excludes halogenated alkanes) is 1. The number of anilines is 1. The van der Waals surface area contributed by atoms with Crippen molar-refractivity contribution in [1.29, 1.82) is 0 Å². The van der Waals surface area contributed by atoms with Crippen molar-refractivity contribution < 1.29 is 4.79 Å². The molecule has 1 N–H and O–H groups in total. The van der Waals surface area contributed by atoms with Crippen molar-refractivity contribution in [3.8, 4) is 11.1 Å². The van der Waals surface area contributed by atoms with E-state index in [4.69, 9.17) is 0 Å². The fourth-order valence-electron chi connectivity index (χ4n) is 3.60. The van der Waals surface area contributed by atoms with E-state index in [-0.39, 0.29) is 11.5 Å². The molecule has 6 heteroatoms. The predicted octanol–water partition coefficient (Wildman–Crippen LogP) is 4.39. The van der Waals surface area contributed by atoms with Crippen LogP contribution in [0.4, 0.5) is 5.82 Å². The summed E-state index contributed by atoms with van der Waals surface area (Å²) in [6.45, 7) is 2.81. The number of carbonyl (C=O) groups excluding carboxylic acids is 1. The second-order valence-corrected chi connectivity index (χ2v) is 7.81. The number of pyridine rings is 1. The summed E-state index contributed by atoms with van der Waals surface area (Å²) < 4.78 is 1.74. The van der Waals surface area contributed by atoms with Crippen LogP contribution in [-0.4, -0.2) is 20.4 Å². The van der Waals surface area contributed by atoms with Gasteiger partial charge in [0.15, 0.2) is 0 Å². The van der Waals surface area contributed by atoms with Crippen LogP contribution in [0, 0.1) is 5.92 Å². The molecule has 150 valence electrons. The van der Waals surface area contributed by atoms with Crippen LogP contribution in [0.2, 0.25) is 0 Å². The van der Waals surface area contributed by atoms with Gasteiger partial charge in [-0.15, -0.1) is 0 Å². The van der Waals surface area contributed by atoms with Gasteiger partial charge in [-0.3, -0.25) is 14.2 Å². The molecule has 0 bridgehead atoms. The molecule has 1 aliphatic carbocycles. The Kier molecular flexibility index (Phi) is 5.69. The first kappa shape index (κ1) is 19.3. The Hall–Kier alpha value is -3.02. The number of hydrogen-bond acceptors (Lipinski definition) is 4. The molecule has 1 aliphatic rings. The van der Waals surface area contributed by atoms with E-state index in [1.54, 1.807) is 23.2 Å². The summed E-state index contributed by atoms with van der Waals surface area (Å²) >= 11 is 0. The summed E-state index contributed by atoms with van der Waals surface area (Å²) in [4.78, 5) is 33.6. The lowest BCUT2D eigenvalue weighted by Crippen LogP contribution is -2.27. The molecule has 3 aromatic rings. The molecule has 4 rings (SSSR count). The van der Waals surface area contributed by atoms with Gasteiger partial charge in [-0.05, 0) is 55.0 Å². The molecule has 2 heterocycles. The molecule has 0 aliphatic heterocycles. The molecule has 6 nitrogen and oxygen atoms in total. The second kappa shape index (κ2) is 8.55. The van der Waals surface area contributed by atoms with E-state index >= 15 is 0 Å². The molecular weight excluding hydrogens is 364 g/mol. The van der Waals surface area contributed by atoms with Gasteiger partial charge in [0.05, 0.1) is 17.2 Å². The third kappa shape index (κ3) is 4.36. The minimum atomic E-state index is -0.0177. The van der Waals surface area contributed by atoms with E-state index in [1.165, 1.54) is 19.3 Å². The molecule has 0 spiro atoms. The first-order valence-electron chi connectivity index (χ1n) is 10.4. The van der Waals surface area contributed by atoms with Crippen LogP contribution >= 0.6 is 0 Å². The van der Waals surface area contributed by atoms with Gasteiger partial charge in [-0.2, -0.15) is 0 Å². The molecule has 1 amide bonds. The van der Waals surface area contributed by atoms with Crippen LogP contribution in [0.25, 0.3) is 22.0 Å². The van der Waals surface area contributed by atoms with Crippen LogP contribution in [-0.2, 0) is 11.3 Å². The number of benzene rings is 1. The second-order valence-electron chi connectivity index (χ2n) is 7.81. The molecule has 0 unspecified atom stereocenters. The zero-order valence-electron chi connectivity index (χ0n) is 16.7. The van der Waals surface area contributed by atoms with E-state index in [9.17, 15) is 9.59 Å². The molecule has 29 heavy (non-hydrogen) atoms. The highest BCUT2D eigenvalue weighted by Crippen LogP contribution is 2.27. The van der Waals surface area contributed by atoms with Gasteiger partial charge < -0.3 is 5.32 Å². The summed E-state index contributed by atoms with van der Waals surface area (Å²) in [5, 5.41) is 3.44. The topological polar surface area (TPSA) is 76.9 Å². The molecule has 1 saturated carbocycles. The Balaban J connectivity index is 1.56. The number of nitrogens with zero attached hydrogens (tertiary/aromatic N) is 3. The maximum Gasteiger partial charge on any atom is 0.261 e. The highest BCUT2D eigenvalue weighted by molar-refractivity contribution is 5.90. The zero-order chi connectivity index (χ0) is 20.2. The first-order chi connectivity index (χ1) is 14.1. The van der Waals surface area contributed by atoms with Gasteiger partial charge in [-0.25, -0.2) is 9.97 Å². The van der Waals surface area contributed by atoms with Crippen molar-refractivity contribution in [1.82, 2.24) is 14.5 Å². The van der Waals surface area contributed by atoms with Gasteiger partial charge in [0.2, 0.25) is 5.91 Å². The number of amides is 1. The lowest BCUT2D eigenvalue weighted by Gasteiger charge is -2.25. The van der Waals surface area contributed by atoms with Crippen molar-refractivity contribution in [3.63, 3.8) is 0 Å². The van der Waals surface area contributed by atoms with Crippen LogP contribution in [0.3, 0.4) is 0 Å². The van der Waals surface area contributed by atoms with E-state index in [0.717, 1.165) is 30.5 Å². The lowest BCUT2D eigenvalue weighted by atomic mass is 9.85. The SMILES string of the molecule is CCCCC(=O)Nc1ccc(-c2ccc3ncn(CC4CCC4)c(=O)c3c2)cn1. The summed E-state index contributed by atoms with van der Waals surface area (Å²) in [5.41, 5.74) is 2.52. The quantitative estimate of drug-likeness (QED) is 0.649. The van der Waals surface area contributed by atoms with Crippen molar-refractivity contribution in [2.75, 3.05) is 5.32 Å². The van der Waals surface area contributed by atoms with Crippen LogP contribution in [0.15, 0.2) is 47.7 Å². The van der Waals surface area contributed by atoms with Crippen molar-refractivity contribution in [3.05, 3.63) is 53.2 Å². The first-order valence-corrected chi connectivity index (χ1v) is 10.4. The average Bonchev–Trinajstić information content (AvgIpc) is 2.71. The van der Waals surface area contributed by atoms with E-state index in [0.29, 0.717) is 29.1 Å². The Morgan fingerprint density at radius 3 is 2.69 bits per heavy atom. The summed E-state index contributed by atoms with van der Waals surface area (Å²) in [5.74, 6) is 1.12. The Morgan fingerprint density at radius 1 is 1.17 bits per heavy atom. The number of fused-ring (bicyclic) bond motifs is 1. The van der Waals surface area contributed by atoms with Gasteiger partial charge in [0.25, 0.3) is 5.56 Å². The zero-order valence-corrected chi connectivity index (χ0v) is 16.7. The predicted molar refractivity (Wildman–Crippen MR) is 115 cm³/mol. The number of nitrogens with one attached hydrogen (secondary N) is 1. The third-order valence-corrected chi connectivity index (χ3v) is 5.63. The van der Waals surface area contributed by atoms with E-state index in [1.807, 2.05) is 24.3 Å². The normalized spacial score (nSPS) is 14.0. The van der Waals surface area contributed by atoms with E-state index in [2.05, 4.69) is 22.2 Å². The summed E-state index contributed by atoms with van der Waals surface area (Å²) in [6, 6.07) is 9.41. The summed E-state index contributed by atoms with van der Waals surface area (Å²) in [7, 11) is 0. The Labute approximate surface area is 170 Å². The standard InChI is InChI=1S/C23H26N4O2/c1-2-3-7-22(28)26-21-11-9-18(13-24-21)17-8-10-20-19(12-17)23(29)27(15-25-20)14-16-5-4-6-16/h8-13,15-16H,2-7,14H2,1H3,(H,24,26,28). The lowest BCUT2D eigenvalue weighted by molar-refractivity contribution is -0.116. The minimum Gasteiger partial charge on any atom is -0.311 e. The van der Waals surface area contributed by atoms with Gasteiger partial charge in [0, 0.05) is 24.7 Å². The minimum absolute atomic E-state index is 0.0107. The molecule has 1 fully saturated rings. The molecular formula is C23H26N4O2. The molecule has 2 aromatic heterocycles. The Morgan fingerprint density at radius 2 is 2.00 bits per heavy atom. The van der Waals surface area contributed by atoms with Crippen molar-refractivity contribution in [2.45, 2.75) is 52.0 Å². The van der Waals surface area contributed by atoms with Crippen molar-refractivity contribution >= 4 is 22.6 Å². The van der Waals surface area contributed by atoms with Gasteiger partial charge >= 0.3 is 0 Å². The molecule has 0 atom stereocenters. The smallest absolute Gasteiger partial charge is 0.261 e. The molecule has 1 aromatic carbocycles. The largest absolute Gasteiger partial charge is 0.311 e. The third-order valence-electron chi connectivity index (χ3n) is 5.63. The number of hydrogen-bond donors (Lipinski definition) is 1. The van der Waals surface area contributed by atoms with Gasteiger partial charge in [-0.1, -0.05) is 25.8 Å². The maximum absolute atomic E-state index is 12.9.